The first-order chi connectivity index (χ1) is 41.7. The van der Waals surface area contributed by atoms with E-state index in [-0.39, 0.29) is 0 Å². The first-order valence-corrected chi connectivity index (χ1v) is 30.4. The lowest BCUT2D eigenvalue weighted by Gasteiger charge is -2.32. The van der Waals surface area contributed by atoms with Crippen molar-refractivity contribution in [2.45, 2.75) is 64.2 Å². The van der Waals surface area contributed by atoms with Crippen LogP contribution in [0.1, 0.15) is 66.3 Å². The zero-order valence-corrected chi connectivity index (χ0v) is 46.7. The third kappa shape index (κ3) is 7.13. The Kier molecular flexibility index (Phi) is 10.7. The first kappa shape index (κ1) is 47.7. The first-order valence-electron chi connectivity index (χ1n) is 30.4. The standard InChI is InChI=1S/C80H58N2O2/c1-3-19-51(20-4-1)65-47-55-25-9-13-31-59(55)75-63-33-17-37-71(77(63)83-79(65)75)81(67-35-15-27-49-23-7-11-29-57(49)67)69-45-41-53-40-44-62-70(46-42-54-39-43-61(69)73(53)74(54)62)82(68-36-16-28-50-24-8-12-30-58(50)68)72-38-18-34-64-76-60-32-14-10-26-56(60)48-66(80(76)84-78(64)72)52-21-5-2-6-22-52/h1-5,9-10,13-21,25-28,31-48H,6-8,11-12,22-24,29-30H2. The van der Waals surface area contributed by atoms with Crippen LogP contribution in [0.4, 0.5) is 34.1 Å². The monoisotopic (exact) mass is 1080 g/mol. The molecule has 13 aromatic carbocycles. The van der Waals surface area contributed by atoms with Crippen LogP contribution in [-0.2, 0) is 25.7 Å². The molecule has 0 atom stereocenters. The summed E-state index contributed by atoms with van der Waals surface area (Å²) in [6, 6.07) is 79.7. The molecule has 0 fully saturated rings. The van der Waals surface area contributed by atoms with Crippen molar-refractivity contribution < 1.29 is 8.83 Å². The van der Waals surface area contributed by atoms with Crippen LogP contribution >= 0.6 is 0 Å². The maximum atomic E-state index is 7.51. The molecular formula is C80H58N2O2. The number of benzene rings is 13. The summed E-state index contributed by atoms with van der Waals surface area (Å²) in [5.41, 5.74) is 21.0. The highest BCUT2D eigenvalue weighted by Crippen LogP contribution is 2.54. The highest BCUT2D eigenvalue weighted by atomic mass is 16.3. The average molecular weight is 1080 g/mol. The largest absolute Gasteiger partial charge is 0.453 e. The predicted octanol–water partition coefficient (Wildman–Crippen LogP) is 22.8. The number of rotatable bonds is 8. The minimum absolute atomic E-state index is 0.886. The van der Waals surface area contributed by atoms with E-state index < -0.39 is 0 Å². The topological polar surface area (TPSA) is 32.8 Å². The Morgan fingerprint density at radius 2 is 0.786 bits per heavy atom. The summed E-state index contributed by atoms with van der Waals surface area (Å²) in [6.45, 7) is 0. The molecule has 3 aliphatic carbocycles. The molecule has 0 bridgehead atoms. The van der Waals surface area contributed by atoms with Gasteiger partial charge in [0.25, 0.3) is 0 Å². The third-order valence-corrected chi connectivity index (χ3v) is 19.2. The number of anilines is 6. The van der Waals surface area contributed by atoms with Crippen molar-refractivity contribution in [3.05, 3.63) is 258 Å². The van der Waals surface area contributed by atoms with Crippen molar-refractivity contribution in [2.24, 2.45) is 0 Å². The Morgan fingerprint density at radius 1 is 0.310 bits per heavy atom. The lowest BCUT2D eigenvalue weighted by Crippen LogP contribution is -2.16. The Bertz CT molecular complexity index is 5290. The molecule has 0 amide bonds. The zero-order chi connectivity index (χ0) is 55.0. The van der Waals surface area contributed by atoms with E-state index in [0.29, 0.717) is 0 Å². The second-order valence-corrected chi connectivity index (χ2v) is 23.7. The summed E-state index contributed by atoms with van der Waals surface area (Å²) < 4.78 is 15.0. The second kappa shape index (κ2) is 18.8. The molecular weight excluding hydrogens is 1020 g/mol. The lowest BCUT2D eigenvalue weighted by molar-refractivity contribution is 0.667. The zero-order valence-electron chi connectivity index (χ0n) is 46.7. The molecule has 2 aromatic heterocycles. The summed E-state index contributed by atoms with van der Waals surface area (Å²) in [5, 5.41) is 16.8. The maximum absolute atomic E-state index is 7.51. The molecule has 4 nitrogen and oxygen atoms in total. The molecule has 4 heteroatoms. The van der Waals surface area contributed by atoms with Crippen molar-refractivity contribution in [2.75, 3.05) is 9.80 Å². The fraction of sp³-hybridized carbons (Fsp3) is 0.125. The van der Waals surface area contributed by atoms with Gasteiger partial charge in [-0.25, -0.2) is 0 Å². The molecule has 84 heavy (non-hydrogen) atoms. The van der Waals surface area contributed by atoms with E-state index in [1.54, 1.807) is 0 Å². The second-order valence-electron chi connectivity index (χ2n) is 23.7. The SMILES string of the molecule is C1=CCCC(c2cc3ccccc3c3c2oc2c(N(c4cccc5c4CCCC5)c4ccc5ccc6c(N(c7cccc8c7CCCC8)c7cccc8c7oc7c(-c9ccccc9)cc9ccccc9c78)ccc7ccc4c5c76)cccc23)=C1. The molecule has 0 radical (unpaired) electrons. The summed E-state index contributed by atoms with van der Waals surface area (Å²) in [5.74, 6) is 0. The molecule has 0 saturated carbocycles. The summed E-state index contributed by atoms with van der Waals surface area (Å²) >= 11 is 0. The van der Waals surface area contributed by atoms with Gasteiger partial charge >= 0.3 is 0 Å². The Morgan fingerprint density at radius 3 is 1.35 bits per heavy atom. The van der Waals surface area contributed by atoms with Gasteiger partial charge < -0.3 is 18.6 Å². The van der Waals surface area contributed by atoms with Crippen LogP contribution in [0.3, 0.4) is 0 Å². The molecule has 400 valence electrons. The molecule has 3 aliphatic rings. The predicted molar refractivity (Wildman–Crippen MR) is 354 cm³/mol. The maximum Gasteiger partial charge on any atom is 0.159 e. The number of para-hydroxylation sites is 2. The Balaban J connectivity index is 0.903. The third-order valence-electron chi connectivity index (χ3n) is 19.2. The minimum Gasteiger partial charge on any atom is -0.453 e. The fourth-order valence-corrected chi connectivity index (χ4v) is 15.4. The van der Waals surface area contributed by atoms with Crippen molar-refractivity contribution in [1.29, 1.82) is 0 Å². The smallest absolute Gasteiger partial charge is 0.159 e. The van der Waals surface area contributed by atoms with E-state index >= 15 is 0 Å². The molecule has 0 spiro atoms. The van der Waals surface area contributed by atoms with E-state index in [9.17, 15) is 0 Å². The number of furan rings is 2. The van der Waals surface area contributed by atoms with Crippen molar-refractivity contribution in [1.82, 2.24) is 0 Å². The number of aryl methyl sites for hydroxylation is 2. The van der Waals surface area contributed by atoms with Gasteiger partial charge in [0, 0.05) is 54.8 Å². The van der Waals surface area contributed by atoms with Gasteiger partial charge in [-0.15, -0.1) is 0 Å². The number of allylic oxidation sites excluding steroid dienone is 4. The molecule has 0 unspecified atom stereocenters. The van der Waals surface area contributed by atoms with E-state index in [1.807, 2.05) is 0 Å². The highest BCUT2D eigenvalue weighted by Gasteiger charge is 2.31. The quantitative estimate of drug-likeness (QED) is 0.142. The number of nitrogens with zero attached hydrogens (tertiary/aromatic N) is 2. The number of hydrogen-bond acceptors (Lipinski definition) is 4. The van der Waals surface area contributed by atoms with Gasteiger partial charge in [-0.3, -0.25) is 0 Å². The van der Waals surface area contributed by atoms with Gasteiger partial charge in [-0.1, -0.05) is 182 Å². The number of hydrogen-bond donors (Lipinski definition) is 0. The van der Waals surface area contributed by atoms with Crippen LogP contribution in [0.15, 0.2) is 239 Å². The van der Waals surface area contributed by atoms with Gasteiger partial charge in [-0.05, 0) is 189 Å². The normalized spacial score (nSPS) is 14.5. The van der Waals surface area contributed by atoms with Crippen LogP contribution in [0.25, 0.3) is 114 Å². The van der Waals surface area contributed by atoms with Gasteiger partial charge in [0.05, 0.1) is 22.7 Å². The van der Waals surface area contributed by atoms with Crippen molar-refractivity contribution in [3.8, 4) is 11.1 Å². The van der Waals surface area contributed by atoms with Crippen LogP contribution in [0.2, 0.25) is 0 Å². The molecule has 0 N–H and O–H groups in total. The number of fused-ring (bicyclic) bond motifs is 12. The van der Waals surface area contributed by atoms with E-state index in [0.717, 1.165) is 117 Å². The molecule has 18 rings (SSSR count). The van der Waals surface area contributed by atoms with E-state index in [4.69, 9.17) is 8.83 Å². The average Bonchev–Trinajstić information content (AvgIpc) is 1.50. The summed E-state index contributed by atoms with van der Waals surface area (Å²) in [6.07, 6.45) is 17.7. The van der Waals surface area contributed by atoms with Crippen molar-refractivity contribution in [3.63, 3.8) is 0 Å². The highest BCUT2D eigenvalue weighted by molar-refractivity contribution is 6.30. The minimum atomic E-state index is 0.886. The Labute approximate surface area is 487 Å². The van der Waals surface area contributed by atoms with Gasteiger partial charge in [0.15, 0.2) is 11.2 Å². The van der Waals surface area contributed by atoms with Crippen LogP contribution < -0.4 is 9.80 Å². The molecule has 0 saturated heterocycles. The molecule has 15 aromatic rings. The van der Waals surface area contributed by atoms with Gasteiger partial charge in [0.2, 0.25) is 0 Å². The summed E-state index contributed by atoms with van der Waals surface area (Å²) in [4.78, 5) is 5.14. The molecule has 2 heterocycles. The van der Waals surface area contributed by atoms with Crippen LogP contribution in [0.5, 0.6) is 0 Å². The van der Waals surface area contributed by atoms with Crippen LogP contribution in [-0.4, -0.2) is 0 Å². The van der Waals surface area contributed by atoms with E-state index in [1.165, 1.54) is 123 Å². The van der Waals surface area contributed by atoms with E-state index in [2.05, 4.69) is 240 Å². The lowest BCUT2D eigenvalue weighted by atomic mass is 9.88. The Hall–Kier alpha value is -9.90. The summed E-state index contributed by atoms with van der Waals surface area (Å²) in [7, 11) is 0. The fourth-order valence-electron chi connectivity index (χ4n) is 15.4. The van der Waals surface area contributed by atoms with Gasteiger partial charge in [0.1, 0.15) is 11.2 Å². The van der Waals surface area contributed by atoms with Crippen molar-refractivity contribution >= 4 is 137 Å². The molecule has 0 aliphatic heterocycles. The van der Waals surface area contributed by atoms with Gasteiger partial charge in [-0.2, -0.15) is 0 Å². The van der Waals surface area contributed by atoms with Crippen LogP contribution in [0, 0.1) is 0 Å².